The van der Waals surface area contributed by atoms with Gasteiger partial charge in [-0.15, -0.1) is 0 Å². The standard InChI is InChI=1S/C13H9NO2.C3H8N2O/c15-13-6-5-9-7-10-3-1-2-4-12(10)16-8-11(9)14-13;1-4-3(6)5-2/h1-8H,(H,14,15);1-2H3,(H2,4,5,6). The van der Waals surface area contributed by atoms with Gasteiger partial charge in [0.05, 0.1) is 0 Å². The van der Waals surface area contributed by atoms with E-state index in [1.165, 1.54) is 0 Å². The molecule has 0 atom stereocenters. The van der Waals surface area contributed by atoms with Crippen LogP contribution in [0.2, 0.25) is 0 Å². The third kappa shape index (κ3) is 3.76. The molecule has 2 amide bonds. The Hall–Kier alpha value is -3.02. The molecular weight excluding hydrogens is 282 g/mol. The molecule has 3 N–H and O–H groups in total. The third-order valence-electron chi connectivity index (χ3n) is 2.92. The van der Waals surface area contributed by atoms with Gasteiger partial charge in [-0.1, -0.05) is 18.2 Å². The minimum atomic E-state index is -0.157. The van der Waals surface area contributed by atoms with Crippen LogP contribution in [0.1, 0.15) is 5.56 Å². The highest BCUT2D eigenvalue weighted by Gasteiger charge is 2.03. The number of aromatic hydroxyl groups is 1. The number of carbonyl (C=O) groups is 1. The van der Waals surface area contributed by atoms with Gasteiger partial charge in [-0.25, -0.2) is 9.78 Å². The van der Waals surface area contributed by atoms with Gasteiger partial charge in [0.15, 0.2) is 0 Å². The van der Waals surface area contributed by atoms with E-state index in [-0.39, 0.29) is 11.9 Å². The average Bonchev–Trinajstić information content (AvgIpc) is 2.73. The minimum Gasteiger partial charge on any atom is -0.493 e. The number of rotatable bonds is 0. The van der Waals surface area contributed by atoms with Gasteiger partial charge >= 0.3 is 6.03 Å². The number of amides is 2. The summed E-state index contributed by atoms with van der Waals surface area (Å²) < 4.78 is 5.50. The van der Waals surface area contributed by atoms with Crippen LogP contribution in [0.3, 0.4) is 0 Å². The van der Waals surface area contributed by atoms with Crippen LogP contribution in [0.15, 0.2) is 36.4 Å². The summed E-state index contributed by atoms with van der Waals surface area (Å²) in [6, 6.07) is 11.0. The first kappa shape index (κ1) is 15.4. The Morgan fingerprint density at radius 2 is 1.86 bits per heavy atom. The second-order valence-corrected chi connectivity index (χ2v) is 4.39. The Balaban J connectivity index is 0.000000254. The van der Waals surface area contributed by atoms with Crippen LogP contribution >= 0.6 is 0 Å². The van der Waals surface area contributed by atoms with E-state index >= 15 is 0 Å². The predicted octanol–water partition coefficient (Wildman–Crippen LogP) is 0.292. The van der Waals surface area contributed by atoms with Crippen LogP contribution in [-0.2, 0) is 0 Å². The van der Waals surface area contributed by atoms with Crippen molar-refractivity contribution < 1.29 is 14.6 Å². The first-order valence-electron chi connectivity index (χ1n) is 6.67. The topological polar surface area (TPSA) is 83.5 Å². The molecule has 0 fully saturated rings. The number of hydrogen-bond acceptors (Lipinski definition) is 4. The van der Waals surface area contributed by atoms with E-state index in [0.29, 0.717) is 5.35 Å². The number of pyridine rings is 1. The molecule has 1 aliphatic heterocycles. The van der Waals surface area contributed by atoms with Crippen LogP contribution in [-0.4, -0.2) is 30.2 Å². The molecule has 0 unspecified atom stereocenters. The number of fused-ring (bicyclic) bond motifs is 2. The fraction of sp³-hybridized carbons (Fsp3) is 0.125. The molecule has 1 aliphatic rings. The van der Waals surface area contributed by atoms with Gasteiger partial charge in [-0.3, -0.25) is 0 Å². The van der Waals surface area contributed by atoms with Crippen molar-refractivity contribution in [2.75, 3.05) is 14.1 Å². The molecule has 0 saturated carbocycles. The maximum Gasteiger partial charge on any atom is 0.314 e. The van der Waals surface area contributed by atoms with E-state index in [9.17, 15) is 9.90 Å². The fourth-order valence-electron chi connectivity index (χ4n) is 1.81. The molecule has 1 aromatic carbocycles. The lowest BCUT2D eigenvalue weighted by molar-refractivity contribution is 0.245. The first-order valence-corrected chi connectivity index (χ1v) is 6.67. The number of benzene rings is 1. The average molecular weight is 299 g/mol. The molecule has 2 aromatic rings. The van der Waals surface area contributed by atoms with Gasteiger partial charge < -0.3 is 20.5 Å². The SMILES string of the molecule is CNC(=O)NC.Oc1ccc2c(n1)=COc1ccccc1C=2. The van der Waals surface area contributed by atoms with E-state index < -0.39 is 0 Å². The molecule has 0 bridgehead atoms. The van der Waals surface area contributed by atoms with Gasteiger partial charge in [-0.2, -0.15) is 0 Å². The summed E-state index contributed by atoms with van der Waals surface area (Å²) in [5.74, 6) is 0.790. The Bertz CT molecular complexity index is 781. The van der Waals surface area contributed by atoms with Crippen molar-refractivity contribution in [2.45, 2.75) is 0 Å². The zero-order valence-electron chi connectivity index (χ0n) is 12.3. The molecule has 1 aromatic heterocycles. The van der Waals surface area contributed by atoms with Crippen molar-refractivity contribution >= 4 is 18.4 Å². The summed E-state index contributed by atoms with van der Waals surface area (Å²) in [4.78, 5) is 14.0. The smallest absolute Gasteiger partial charge is 0.314 e. The summed E-state index contributed by atoms with van der Waals surface area (Å²) in [5.41, 5.74) is 1.00. The monoisotopic (exact) mass is 299 g/mol. The zero-order valence-corrected chi connectivity index (χ0v) is 12.3. The highest BCUT2D eigenvalue weighted by molar-refractivity contribution is 5.72. The lowest BCUT2D eigenvalue weighted by Gasteiger charge is -2.01. The number of para-hydroxylation sites is 1. The summed E-state index contributed by atoms with van der Waals surface area (Å²) in [6.07, 6.45) is 3.54. The van der Waals surface area contributed by atoms with E-state index in [2.05, 4.69) is 15.6 Å². The molecule has 6 nitrogen and oxygen atoms in total. The zero-order chi connectivity index (χ0) is 15.9. The van der Waals surface area contributed by atoms with Gasteiger partial charge in [-0.05, 0) is 18.2 Å². The Morgan fingerprint density at radius 1 is 1.14 bits per heavy atom. The highest BCUT2D eigenvalue weighted by atomic mass is 16.5. The Morgan fingerprint density at radius 3 is 2.55 bits per heavy atom. The van der Waals surface area contributed by atoms with E-state index in [4.69, 9.17) is 4.74 Å². The molecule has 22 heavy (non-hydrogen) atoms. The lowest BCUT2D eigenvalue weighted by atomic mass is 10.1. The van der Waals surface area contributed by atoms with E-state index in [1.807, 2.05) is 36.4 Å². The van der Waals surface area contributed by atoms with Gasteiger partial charge in [0.1, 0.15) is 17.4 Å². The van der Waals surface area contributed by atoms with Crippen molar-refractivity contribution in [3.05, 3.63) is 52.5 Å². The molecule has 0 aliphatic carbocycles. The van der Waals surface area contributed by atoms with Crippen molar-refractivity contribution in [2.24, 2.45) is 0 Å². The normalized spacial score (nSPS) is 10.8. The van der Waals surface area contributed by atoms with Crippen molar-refractivity contribution in [3.8, 4) is 11.6 Å². The molecular formula is C16H17N3O3. The largest absolute Gasteiger partial charge is 0.493 e. The molecule has 3 rings (SSSR count). The van der Waals surface area contributed by atoms with Crippen molar-refractivity contribution in [1.29, 1.82) is 0 Å². The van der Waals surface area contributed by atoms with Crippen LogP contribution in [0.25, 0.3) is 12.3 Å². The number of nitrogens with one attached hydrogen (secondary N) is 2. The van der Waals surface area contributed by atoms with Crippen LogP contribution in [0.4, 0.5) is 4.79 Å². The summed E-state index contributed by atoms with van der Waals surface area (Å²) >= 11 is 0. The quantitative estimate of drug-likeness (QED) is 0.653. The van der Waals surface area contributed by atoms with E-state index in [1.54, 1.807) is 26.4 Å². The van der Waals surface area contributed by atoms with Crippen LogP contribution in [0, 0.1) is 0 Å². The number of aromatic nitrogens is 1. The lowest BCUT2D eigenvalue weighted by Crippen LogP contribution is -2.28. The van der Waals surface area contributed by atoms with Crippen LogP contribution in [0.5, 0.6) is 11.6 Å². The number of ether oxygens (including phenoxy) is 1. The fourth-order valence-corrected chi connectivity index (χ4v) is 1.81. The Labute approximate surface area is 127 Å². The summed E-state index contributed by atoms with van der Waals surface area (Å²) in [6.45, 7) is 0. The number of carbonyl (C=O) groups excluding carboxylic acids is 1. The Kier molecular flexibility index (Phi) is 4.98. The third-order valence-corrected chi connectivity index (χ3v) is 2.92. The van der Waals surface area contributed by atoms with Gasteiger partial charge in [0.25, 0.3) is 0 Å². The number of nitrogens with zero attached hydrogens (tertiary/aromatic N) is 1. The maximum absolute atomic E-state index is 9.96. The number of urea groups is 1. The number of hydrogen-bond donors (Lipinski definition) is 3. The van der Waals surface area contributed by atoms with E-state index in [0.717, 1.165) is 16.5 Å². The molecule has 0 saturated heterocycles. The van der Waals surface area contributed by atoms with Crippen molar-refractivity contribution in [1.82, 2.24) is 15.6 Å². The molecule has 0 spiro atoms. The van der Waals surface area contributed by atoms with Gasteiger partial charge in [0.2, 0.25) is 5.88 Å². The summed E-state index contributed by atoms with van der Waals surface area (Å²) in [5, 5.41) is 15.6. The maximum atomic E-state index is 9.96. The molecule has 2 heterocycles. The molecule has 6 heteroatoms. The molecule has 0 radical (unpaired) electrons. The first-order chi connectivity index (χ1) is 10.6. The second-order valence-electron chi connectivity index (χ2n) is 4.39. The summed E-state index contributed by atoms with van der Waals surface area (Å²) in [7, 11) is 3.14. The highest BCUT2D eigenvalue weighted by Crippen LogP contribution is 2.19. The van der Waals surface area contributed by atoms with Crippen LogP contribution < -0.4 is 25.9 Å². The van der Waals surface area contributed by atoms with Gasteiger partial charge in [0, 0.05) is 30.9 Å². The minimum absolute atomic E-state index is 0.00189. The predicted molar refractivity (Wildman–Crippen MR) is 83.8 cm³/mol. The molecule has 114 valence electrons. The second kappa shape index (κ2) is 7.12. The van der Waals surface area contributed by atoms with Crippen molar-refractivity contribution in [3.63, 3.8) is 0 Å².